The summed E-state index contributed by atoms with van der Waals surface area (Å²) in [5.74, 6) is 2.92. The predicted octanol–water partition coefficient (Wildman–Crippen LogP) is 2.65. The van der Waals surface area contributed by atoms with Crippen LogP contribution in [0.5, 0.6) is 0 Å². The van der Waals surface area contributed by atoms with E-state index in [0.29, 0.717) is 11.7 Å². The molecule has 0 aromatic carbocycles. The molecule has 0 saturated heterocycles. The Kier molecular flexibility index (Phi) is 3.33. The summed E-state index contributed by atoms with van der Waals surface area (Å²) in [5.41, 5.74) is 8.05. The lowest BCUT2D eigenvalue weighted by molar-refractivity contribution is 0.833. The Morgan fingerprint density at radius 3 is 2.65 bits per heavy atom. The third-order valence-corrected chi connectivity index (χ3v) is 4.37. The Labute approximate surface area is 122 Å². The van der Waals surface area contributed by atoms with Crippen molar-refractivity contribution in [1.29, 1.82) is 0 Å². The molecule has 0 spiro atoms. The number of anilines is 2. The monoisotopic (exact) mass is 289 g/mol. The second-order valence-electron chi connectivity index (χ2n) is 5.40. The zero-order chi connectivity index (χ0) is 14.3. The van der Waals surface area contributed by atoms with Crippen molar-refractivity contribution in [2.75, 3.05) is 17.7 Å². The van der Waals surface area contributed by atoms with Crippen LogP contribution in [0.15, 0.2) is 5.38 Å². The van der Waals surface area contributed by atoms with Crippen molar-refractivity contribution < 1.29 is 0 Å². The number of rotatable bonds is 4. The van der Waals surface area contributed by atoms with Gasteiger partial charge >= 0.3 is 0 Å². The molecule has 2 aromatic rings. The molecule has 0 unspecified atom stereocenters. The number of aryl methyl sites for hydroxylation is 1. The highest BCUT2D eigenvalue weighted by Crippen LogP contribution is 2.39. The van der Waals surface area contributed by atoms with Crippen molar-refractivity contribution in [3.05, 3.63) is 27.5 Å². The summed E-state index contributed by atoms with van der Waals surface area (Å²) in [6, 6.07) is 0. The predicted molar refractivity (Wildman–Crippen MR) is 82.1 cm³/mol. The summed E-state index contributed by atoms with van der Waals surface area (Å²) in [6.45, 7) is 4.74. The second kappa shape index (κ2) is 5.01. The highest BCUT2D eigenvalue weighted by atomic mass is 32.1. The molecule has 2 aromatic heterocycles. The van der Waals surface area contributed by atoms with E-state index in [1.54, 1.807) is 11.3 Å². The fourth-order valence-corrected chi connectivity index (χ4v) is 2.84. The summed E-state index contributed by atoms with van der Waals surface area (Å²) >= 11 is 1.67. The molecular weight excluding hydrogens is 270 g/mol. The third-order valence-electron chi connectivity index (χ3n) is 3.54. The van der Waals surface area contributed by atoms with Crippen LogP contribution < -0.4 is 10.6 Å². The van der Waals surface area contributed by atoms with Gasteiger partial charge in [0.1, 0.15) is 17.5 Å². The summed E-state index contributed by atoms with van der Waals surface area (Å²) < 4.78 is 0. The normalized spacial score (nSPS) is 14.6. The molecule has 5 nitrogen and oxygen atoms in total. The van der Waals surface area contributed by atoms with E-state index in [1.165, 1.54) is 12.8 Å². The van der Waals surface area contributed by atoms with Gasteiger partial charge in [-0.25, -0.2) is 15.0 Å². The molecule has 0 radical (unpaired) electrons. The number of nitrogens with zero attached hydrogens (tertiary/aromatic N) is 4. The highest BCUT2D eigenvalue weighted by Gasteiger charge is 2.28. The van der Waals surface area contributed by atoms with Gasteiger partial charge in [0.05, 0.1) is 17.2 Å². The van der Waals surface area contributed by atoms with Gasteiger partial charge in [0.15, 0.2) is 0 Å². The Balaban J connectivity index is 1.87. The minimum absolute atomic E-state index is 0.506. The first-order chi connectivity index (χ1) is 9.54. The maximum absolute atomic E-state index is 6.03. The van der Waals surface area contributed by atoms with Gasteiger partial charge in [-0.1, -0.05) is 0 Å². The van der Waals surface area contributed by atoms with Gasteiger partial charge < -0.3 is 10.6 Å². The molecule has 1 aliphatic carbocycles. The molecule has 0 bridgehead atoms. The lowest BCUT2D eigenvalue weighted by atomic mass is 10.2. The maximum atomic E-state index is 6.03. The molecule has 0 aliphatic heterocycles. The van der Waals surface area contributed by atoms with Gasteiger partial charge in [-0.15, -0.1) is 11.3 Å². The zero-order valence-electron chi connectivity index (χ0n) is 12.1. The van der Waals surface area contributed by atoms with E-state index in [1.807, 2.05) is 20.9 Å². The lowest BCUT2D eigenvalue weighted by Gasteiger charge is -2.20. The van der Waals surface area contributed by atoms with Gasteiger partial charge in [-0.05, 0) is 26.7 Å². The first kappa shape index (κ1) is 13.3. The van der Waals surface area contributed by atoms with Crippen LogP contribution in [0.25, 0.3) is 0 Å². The molecule has 0 atom stereocenters. The quantitative estimate of drug-likeness (QED) is 0.937. The van der Waals surface area contributed by atoms with E-state index in [0.717, 1.165) is 34.5 Å². The van der Waals surface area contributed by atoms with Gasteiger partial charge in [0.25, 0.3) is 0 Å². The minimum atomic E-state index is 0.506. The number of hydrogen-bond donors (Lipinski definition) is 1. The number of hydrogen-bond acceptors (Lipinski definition) is 6. The van der Waals surface area contributed by atoms with E-state index in [4.69, 9.17) is 10.7 Å². The molecule has 3 rings (SSSR count). The van der Waals surface area contributed by atoms with Gasteiger partial charge in [0, 0.05) is 23.9 Å². The van der Waals surface area contributed by atoms with Gasteiger partial charge in [-0.2, -0.15) is 0 Å². The fraction of sp³-hybridized carbons (Fsp3) is 0.500. The Hall–Kier alpha value is -1.69. The zero-order valence-corrected chi connectivity index (χ0v) is 12.9. The van der Waals surface area contributed by atoms with Crippen LogP contribution in [-0.2, 0) is 6.54 Å². The molecule has 1 aliphatic rings. The van der Waals surface area contributed by atoms with E-state index in [-0.39, 0.29) is 0 Å². The topological polar surface area (TPSA) is 67.9 Å². The van der Waals surface area contributed by atoms with Crippen molar-refractivity contribution in [2.45, 2.75) is 39.2 Å². The molecule has 1 fully saturated rings. The van der Waals surface area contributed by atoms with Crippen molar-refractivity contribution in [2.24, 2.45) is 0 Å². The van der Waals surface area contributed by atoms with Crippen LogP contribution in [0.1, 0.15) is 40.8 Å². The summed E-state index contributed by atoms with van der Waals surface area (Å²) in [7, 11) is 2.03. The second-order valence-corrected chi connectivity index (χ2v) is 6.47. The first-order valence-corrected chi connectivity index (χ1v) is 7.68. The van der Waals surface area contributed by atoms with Crippen molar-refractivity contribution in [3.63, 3.8) is 0 Å². The fourth-order valence-electron chi connectivity index (χ4n) is 2.23. The molecule has 2 heterocycles. The number of thiazole rings is 1. The molecular formula is C14H19N5S. The summed E-state index contributed by atoms with van der Waals surface area (Å²) in [4.78, 5) is 15.7. The summed E-state index contributed by atoms with van der Waals surface area (Å²) in [6.07, 6.45) is 2.36. The average molecular weight is 289 g/mol. The minimum Gasteiger partial charge on any atom is -0.383 e. The number of nitrogen functional groups attached to an aromatic ring is 1. The maximum Gasteiger partial charge on any atom is 0.137 e. The van der Waals surface area contributed by atoms with Crippen LogP contribution >= 0.6 is 11.3 Å². The molecule has 1 saturated carbocycles. The molecule has 20 heavy (non-hydrogen) atoms. The Morgan fingerprint density at radius 2 is 2.05 bits per heavy atom. The van der Waals surface area contributed by atoms with Crippen molar-refractivity contribution in [3.8, 4) is 0 Å². The van der Waals surface area contributed by atoms with Crippen molar-refractivity contribution >= 4 is 23.0 Å². The van der Waals surface area contributed by atoms with Gasteiger partial charge in [-0.3, -0.25) is 0 Å². The number of nitrogens with two attached hydrogens (primary N) is 1. The van der Waals surface area contributed by atoms with Crippen LogP contribution in [-0.4, -0.2) is 22.0 Å². The summed E-state index contributed by atoms with van der Waals surface area (Å²) in [5, 5.41) is 3.18. The third kappa shape index (κ3) is 2.60. The van der Waals surface area contributed by atoms with Crippen LogP contribution in [0, 0.1) is 13.8 Å². The molecule has 0 amide bonds. The van der Waals surface area contributed by atoms with Gasteiger partial charge in [0.2, 0.25) is 0 Å². The number of aromatic nitrogens is 3. The lowest BCUT2D eigenvalue weighted by Crippen LogP contribution is -2.21. The van der Waals surface area contributed by atoms with E-state index >= 15 is 0 Å². The first-order valence-electron chi connectivity index (χ1n) is 6.80. The van der Waals surface area contributed by atoms with E-state index < -0.39 is 0 Å². The largest absolute Gasteiger partial charge is 0.383 e. The van der Waals surface area contributed by atoms with Crippen molar-refractivity contribution in [1.82, 2.24) is 15.0 Å². The smallest absolute Gasteiger partial charge is 0.137 e. The average Bonchev–Trinajstić information content (AvgIpc) is 3.17. The standard InChI is InChI=1S/C14H19N5S/c1-8-12(15)17-13(10-4-5-10)18-14(8)19(3)6-11-7-20-9(2)16-11/h7,10H,4-6H2,1-3H3,(H2,15,17,18). The Morgan fingerprint density at radius 1 is 1.30 bits per heavy atom. The highest BCUT2D eigenvalue weighted by molar-refractivity contribution is 7.09. The van der Waals surface area contributed by atoms with E-state index in [9.17, 15) is 0 Å². The van der Waals surface area contributed by atoms with Crippen LogP contribution in [0.2, 0.25) is 0 Å². The van der Waals surface area contributed by atoms with Crippen LogP contribution in [0.4, 0.5) is 11.6 Å². The molecule has 2 N–H and O–H groups in total. The Bertz CT molecular complexity index is 632. The SMILES string of the molecule is Cc1nc(CN(C)c2nc(C3CC3)nc(N)c2C)cs1. The van der Waals surface area contributed by atoms with E-state index in [2.05, 4.69) is 20.2 Å². The molecule has 6 heteroatoms. The van der Waals surface area contributed by atoms with Crippen LogP contribution in [0.3, 0.4) is 0 Å². The molecule has 106 valence electrons.